The maximum Gasteiger partial charge on any atom is 0.236 e. The van der Waals surface area contributed by atoms with Crippen molar-refractivity contribution >= 4 is 23.2 Å². The molecule has 1 aromatic carbocycles. The number of hydrogen-bond acceptors (Lipinski definition) is 3. The number of carbonyl (C=O) groups excluding carboxylic acids is 2. The van der Waals surface area contributed by atoms with Crippen molar-refractivity contribution in [3.05, 3.63) is 24.3 Å². The van der Waals surface area contributed by atoms with Crippen LogP contribution in [0.2, 0.25) is 0 Å². The average molecular weight is 428 g/mol. The molecule has 1 aromatic rings. The van der Waals surface area contributed by atoms with Crippen LogP contribution in [-0.2, 0) is 9.59 Å². The molecule has 0 bridgehead atoms. The molecule has 2 unspecified atom stereocenters. The van der Waals surface area contributed by atoms with E-state index in [0.29, 0.717) is 5.69 Å². The topological polar surface area (TPSA) is 52.7 Å². The molecule has 5 heteroatoms. The molecule has 1 aliphatic carbocycles. The van der Waals surface area contributed by atoms with Gasteiger partial charge in [-0.1, -0.05) is 57.6 Å². The first-order valence-electron chi connectivity index (χ1n) is 12.4. The van der Waals surface area contributed by atoms with Crippen LogP contribution in [0.5, 0.6) is 0 Å². The first-order valence-corrected chi connectivity index (χ1v) is 12.4. The fourth-order valence-electron chi connectivity index (χ4n) is 5.57. The van der Waals surface area contributed by atoms with Crippen LogP contribution in [0.25, 0.3) is 0 Å². The second-order valence-corrected chi connectivity index (χ2v) is 9.51. The number of rotatable bonds is 3. The summed E-state index contributed by atoms with van der Waals surface area (Å²) in [6.07, 6.45) is 16.0. The fraction of sp³-hybridized carbons (Fsp3) is 0.692. The molecule has 1 saturated heterocycles. The lowest BCUT2D eigenvalue weighted by atomic mass is 9.94. The molecule has 31 heavy (non-hydrogen) atoms. The summed E-state index contributed by atoms with van der Waals surface area (Å²) >= 11 is 0. The molecule has 2 amide bonds. The van der Waals surface area contributed by atoms with Gasteiger partial charge in [-0.15, -0.1) is 0 Å². The fourth-order valence-corrected chi connectivity index (χ4v) is 5.57. The Labute approximate surface area is 188 Å². The van der Waals surface area contributed by atoms with Gasteiger partial charge in [-0.05, 0) is 51.2 Å². The molecule has 0 aromatic heterocycles. The van der Waals surface area contributed by atoms with Gasteiger partial charge in [0.05, 0.1) is 11.4 Å². The Morgan fingerprint density at radius 2 is 1.65 bits per heavy atom. The first kappa shape index (κ1) is 23.8. The van der Waals surface area contributed by atoms with Crippen molar-refractivity contribution in [1.29, 1.82) is 0 Å². The Balaban J connectivity index is 0.000000179. The van der Waals surface area contributed by atoms with Crippen LogP contribution < -0.4 is 10.2 Å². The van der Waals surface area contributed by atoms with Crippen LogP contribution >= 0.6 is 0 Å². The van der Waals surface area contributed by atoms with E-state index in [0.717, 1.165) is 23.8 Å². The lowest BCUT2D eigenvalue weighted by molar-refractivity contribution is -0.124. The van der Waals surface area contributed by atoms with Crippen molar-refractivity contribution < 1.29 is 9.59 Å². The van der Waals surface area contributed by atoms with E-state index >= 15 is 0 Å². The second-order valence-electron chi connectivity index (χ2n) is 9.51. The van der Waals surface area contributed by atoms with Gasteiger partial charge in [-0.25, -0.2) is 0 Å². The molecule has 1 N–H and O–H groups in total. The molecule has 2 heterocycles. The number of nitrogens with one attached hydrogen (secondary N) is 1. The van der Waals surface area contributed by atoms with Gasteiger partial charge in [0.25, 0.3) is 0 Å². The van der Waals surface area contributed by atoms with Crippen molar-refractivity contribution in [2.24, 2.45) is 0 Å². The normalized spacial score (nSPS) is 25.6. The summed E-state index contributed by atoms with van der Waals surface area (Å²) in [6, 6.07) is 9.93. The zero-order valence-corrected chi connectivity index (χ0v) is 19.7. The van der Waals surface area contributed by atoms with Crippen LogP contribution in [0, 0.1) is 0 Å². The Morgan fingerprint density at radius 3 is 2.35 bits per heavy atom. The third-order valence-electron chi connectivity index (χ3n) is 7.19. The number of para-hydroxylation sites is 2. The number of nitrogens with zero attached hydrogens (tertiary/aromatic N) is 2. The summed E-state index contributed by atoms with van der Waals surface area (Å²) in [7, 11) is 1.67. The van der Waals surface area contributed by atoms with E-state index in [4.69, 9.17) is 0 Å². The summed E-state index contributed by atoms with van der Waals surface area (Å²) in [5.74, 6) is -0.445. The van der Waals surface area contributed by atoms with Crippen molar-refractivity contribution in [3.63, 3.8) is 0 Å². The quantitative estimate of drug-likeness (QED) is 0.626. The number of benzene rings is 1. The highest BCUT2D eigenvalue weighted by Crippen LogP contribution is 2.33. The second kappa shape index (κ2) is 11.7. The minimum absolute atomic E-state index is 0.0921. The molecule has 0 spiro atoms. The maximum atomic E-state index is 11.5. The van der Waals surface area contributed by atoms with Gasteiger partial charge in [0, 0.05) is 25.2 Å². The standard InChI is InChI=1S/C16H31N.C10H10N2O2/c1-3-9-15-13-12-14(2)17(15)16-10-7-5-4-6-8-11-16;1-12-8-5-3-2-4-7(8)11-9(13)6-10(12)14/h14-16H,3-13H2,1-2H3;2-5H,6H2,1H3,(H,11,13). The van der Waals surface area contributed by atoms with Crippen molar-refractivity contribution in [3.8, 4) is 0 Å². The molecule has 0 radical (unpaired) electrons. The predicted octanol–water partition coefficient (Wildman–Crippen LogP) is 5.74. The molecule has 2 atom stereocenters. The molecule has 2 aliphatic heterocycles. The summed E-state index contributed by atoms with van der Waals surface area (Å²) in [6.45, 7) is 4.81. The maximum absolute atomic E-state index is 11.5. The Kier molecular flexibility index (Phi) is 8.94. The van der Waals surface area contributed by atoms with Crippen molar-refractivity contribution in [1.82, 2.24) is 4.90 Å². The summed E-state index contributed by atoms with van der Waals surface area (Å²) in [5.41, 5.74) is 1.43. The van der Waals surface area contributed by atoms with Gasteiger partial charge in [0.15, 0.2) is 0 Å². The number of amides is 2. The van der Waals surface area contributed by atoms with Crippen LogP contribution in [0.15, 0.2) is 24.3 Å². The van der Waals surface area contributed by atoms with Crippen molar-refractivity contribution in [2.75, 3.05) is 17.3 Å². The van der Waals surface area contributed by atoms with Crippen LogP contribution in [0.3, 0.4) is 0 Å². The Bertz CT molecular complexity index is 725. The van der Waals surface area contributed by atoms with Crippen LogP contribution in [-0.4, -0.2) is 41.9 Å². The third kappa shape index (κ3) is 6.31. The van der Waals surface area contributed by atoms with E-state index in [1.165, 1.54) is 75.5 Å². The molecule has 4 rings (SSSR count). The highest BCUT2D eigenvalue weighted by atomic mass is 16.2. The van der Waals surface area contributed by atoms with Gasteiger partial charge in [-0.2, -0.15) is 0 Å². The molecule has 1 saturated carbocycles. The Morgan fingerprint density at radius 1 is 0.968 bits per heavy atom. The molecule has 172 valence electrons. The monoisotopic (exact) mass is 427 g/mol. The van der Waals surface area contributed by atoms with E-state index in [1.807, 2.05) is 12.1 Å². The van der Waals surface area contributed by atoms with E-state index in [9.17, 15) is 9.59 Å². The zero-order chi connectivity index (χ0) is 22.2. The SMILES string of the molecule is CCCC1CCC(C)N1C1CCCCCCC1.CN1C(=O)CC(=O)Nc2ccccc21. The average Bonchev–Trinajstić information content (AvgIpc) is 3.03. The van der Waals surface area contributed by atoms with E-state index in [1.54, 1.807) is 19.2 Å². The highest BCUT2D eigenvalue weighted by Gasteiger charge is 2.34. The van der Waals surface area contributed by atoms with Gasteiger partial charge >= 0.3 is 0 Å². The van der Waals surface area contributed by atoms with E-state index in [2.05, 4.69) is 24.1 Å². The highest BCUT2D eigenvalue weighted by molar-refractivity contribution is 6.14. The van der Waals surface area contributed by atoms with Gasteiger partial charge < -0.3 is 10.2 Å². The van der Waals surface area contributed by atoms with Crippen molar-refractivity contribution in [2.45, 2.75) is 109 Å². The lowest BCUT2D eigenvalue weighted by Crippen LogP contribution is -2.43. The molecule has 2 fully saturated rings. The largest absolute Gasteiger partial charge is 0.324 e. The summed E-state index contributed by atoms with van der Waals surface area (Å²) < 4.78 is 0. The van der Waals surface area contributed by atoms with Crippen LogP contribution in [0.1, 0.15) is 90.9 Å². The third-order valence-corrected chi connectivity index (χ3v) is 7.19. The summed E-state index contributed by atoms with van der Waals surface area (Å²) in [5, 5.41) is 2.68. The van der Waals surface area contributed by atoms with Gasteiger partial charge in [0.2, 0.25) is 11.8 Å². The minimum atomic E-state index is -0.258. The van der Waals surface area contributed by atoms with Gasteiger partial charge in [-0.3, -0.25) is 14.5 Å². The minimum Gasteiger partial charge on any atom is -0.324 e. The zero-order valence-electron chi connectivity index (χ0n) is 19.7. The number of hydrogen-bond donors (Lipinski definition) is 1. The first-order chi connectivity index (χ1) is 15.0. The predicted molar refractivity (Wildman–Crippen MR) is 128 cm³/mol. The molecule has 5 nitrogen and oxygen atoms in total. The molecular formula is C26H41N3O2. The number of fused-ring (bicyclic) bond motifs is 1. The number of carbonyl (C=O) groups is 2. The van der Waals surface area contributed by atoms with E-state index < -0.39 is 0 Å². The lowest BCUT2D eigenvalue weighted by Gasteiger charge is -2.37. The molecular weight excluding hydrogens is 386 g/mol. The summed E-state index contributed by atoms with van der Waals surface area (Å²) in [4.78, 5) is 27.1. The van der Waals surface area contributed by atoms with Gasteiger partial charge in [0.1, 0.15) is 6.42 Å². The smallest absolute Gasteiger partial charge is 0.236 e. The van der Waals surface area contributed by atoms with Crippen LogP contribution in [0.4, 0.5) is 11.4 Å². The number of anilines is 2. The Hall–Kier alpha value is -1.88. The van der Waals surface area contributed by atoms with E-state index in [-0.39, 0.29) is 18.2 Å². The molecule has 3 aliphatic rings. The number of likely N-dealkylation sites (tertiary alicyclic amines) is 1.